The predicted molar refractivity (Wildman–Crippen MR) is 76.5 cm³/mol. The van der Waals surface area contributed by atoms with E-state index in [4.69, 9.17) is 21.6 Å². The molecule has 0 spiro atoms. The lowest BCUT2D eigenvalue weighted by Gasteiger charge is -2.26. The Balaban J connectivity index is 1.76. The molecule has 1 heterocycles. The van der Waals surface area contributed by atoms with E-state index >= 15 is 0 Å². The minimum Gasteiger partial charge on any atom is -0.384 e. The van der Waals surface area contributed by atoms with E-state index < -0.39 is 0 Å². The first-order valence-corrected chi connectivity index (χ1v) is 6.91. The quantitative estimate of drug-likeness (QED) is 0.841. The third kappa shape index (κ3) is 4.10. The maximum Gasteiger partial charge on any atom is 0.103 e. The molecule has 1 saturated heterocycles. The van der Waals surface area contributed by atoms with Gasteiger partial charge >= 0.3 is 0 Å². The summed E-state index contributed by atoms with van der Waals surface area (Å²) in [5.41, 5.74) is 1.34. The first-order valence-electron chi connectivity index (χ1n) is 6.54. The molecule has 0 aromatic heterocycles. The molecule has 1 fully saturated rings. The molecule has 5 heteroatoms. The van der Waals surface area contributed by atoms with E-state index in [1.54, 1.807) is 6.07 Å². The topological polar surface area (TPSA) is 48.3 Å². The molecule has 4 nitrogen and oxygen atoms in total. The second kappa shape index (κ2) is 7.34. The highest BCUT2D eigenvalue weighted by Crippen LogP contribution is 2.23. The van der Waals surface area contributed by atoms with E-state index in [-0.39, 0.29) is 0 Å². The fourth-order valence-electron chi connectivity index (χ4n) is 2.14. The molecule has 2 rings (SSSR count). The van der Waals surface area contributed by atoms with Gasteiger partial charge in [0.1, 0.15) is 6.07 Å². The second-order valence-electron chi connectivity index (χ2n) is 4.51. The van der Waals surface area contributed by atoms with Gasteiger partial charge in [-0.2, -0.15) is 5.26 Å². The van der Waals surface area contributed by atoms with Crippen LogP contribution in [-0.4, -0.2) is 44.3 Å². The first-order chi connectivity index (χ1) is 9.31. The van der Waals surface area contributed by atoms with E-state index in [9.17, 15) is 0 Å². The fraction of sp³-hybridized carbons (Fsp3) is 0.500. The van der Waals surface area contributed by atoms with Crippen LogP contribution in [0.1, 0.15) is 12.0 Å². The van der Waals surface area contributed by atoms with Gasteiger partial charge in [-0.15, -0.1) is 0 Å². The summed E-state index contributed by atoms with van der Waals surface area (Å²) in [5.74, 6) is 0. The van der Waals surface area contributed by atoms with E-state index in [1.165, 1.54) is 0 Å². The summed E-state index contributed by atoms with van der Waals surface area (Å²) in [6, 6.07) is 7.61. The number of halogens is 1. The summed E-state index contributed by atoms with van der Waals surface area (Å²) in [6.45, 7) is 5.59. The Hall–Kier alpha value is -1.28. The third-order valence-corrected chi connectivity index (χ3v) is 3.51. The van der Waals surface area contributed by atoms with E-state index in [0.29, 0.717) is 10.6 Å². The first kappa shape index (κ1) is 14.1. The van der Waals surface area contributed by atoms with Crippen LogP contribution in [0.25, 0.3) is 0 Å². The van der Waals surface area contributed by atoms with Crippen molar-refractivity contribution in [3.8, 4) is 6.07 Å². The molecular weight excluding hydrogens is 262 g/mol. The molecule has 0 bridgehead atoms. The molecule has 19 heavy (non-hydrogen) atoms. The maximum absolute atomic E-state index is 9.06. The van der Waals surface area contributed by atoms with Crippen LogP contribution >= 0.6 is 11.6 Å². The lowest BCUT2D eigenvalue weighted by atomic mass is 10.2. The summed E-state index contributed by atoms with van der Waals surface area (Å²) in [5, 5.41) is 12.8. The van der Waals surface area contributed by atoms with Crippen molar-refractivity contribution in [1.29, 1.82) is 5.26 Å². The standard InChI is InChI=1S/C14H18ClN3O/c15-13-3-1-4-14(12(13)11-16)17-5-2-6-18-7-9-19-10-8-18/h1,3-4,17H,2,5-10H2. The molecule has 0 radical (unpaired) electrons. The number of nitriles is 1. The smallest absolute Gasteiger partial charge is 0.103 e. The third-order valence-electron chi connectivity index (χ3n) is 3.20. The fourth-order valence-corrected chi connectivity index (χ4v) is 2.35. The van der Waals surface area contributed by atoms with Gasteiger partial charge in [0.05, 0.1) is 29.5 Å². The van der Waals surface area contributed by atoms with Crippen LogP contribution < -0.4 is 5.32 Å². The lowest BCUT2D eigenvalue weighted by molar-refractivity contribution is 0.0378. The van der Waals surface area contributed by atoms with Crippen molar-refractivity contribution >= 4 is 17.3 Å². The van der Waals surface area contributed by atoms with Gasteiger partial charge in [-0.3, -0.25) is 4.90 Å². The van der Waals surface area contributed by atoms with Crippen molar-refractivity contribution in [2.45, 2.75) is 6.42 Å². The zero-order chi connectivity index (χ0) is 13.5. The number of rotatable bonds is 5. The molecule has 0 amide bonds. The Morgan fingerprint density at radius 2 is 2.16 bits per heavy atom. The van der Waals surface area contributed by atoms with Gasteiger partial charge in [0.2, 0.25) is 0 Å². The van der Waals surface area contributed by atoms with Crippen molar-refractivity contribution < 1.29 is 4.74 Å². The number of morpholine rings is 1. The number of nitrogens with one attached hydrogen (secondary N) is 1. The normalized spacial score (nSPS) is 16.0. The van der Waals surface area contributed by atoms with Crippen LogP contribution in [0.15, 0.2) is 18.2 Å². The van der Waals surface area contributed by atoms with Gasteiger partial charge in [0.25, 0.3) is 0 Å². The average molecular weight is 280 g/mol. The number of ether oxygens (including phenoxy) is 1. The summed E-state index contributed by atoms with van der Waals surface area (Å²) >= 11 is 5.98. The van der Waals surface area contributed by atoms with Crippen molar-refractivity contribution in [2.24, 2.45) is 0 Å². The van der Waals surface area contributed by atoms with Crippen LogP contribution in [0.3, 0.4) is 0 Å². The van der Waals surface area contributed by atoms with Crippen LogP contribution in [-0.2, 0) is 4.74 Å². The molecule has 1 aliphatic rings. The summed E-state index contributed by atoms with van der Waals surface area (Å²) in [6.07, 6.45) is 1.04. The number of nitrogens with zero attached hydrogens (tertiary/aromatic N) is 2. The Kier molecular flexibility index (Phi) is 5.46. The van der Waals surface area contributed by atoms with Crippen molar-refractivity contribution in [2.75, 3.05) is 44.7 Å². The number of hydrogen-bond donors (Lipinski definition) is 1. The highest BCUT2D eigenvalue weighted by Gasteiger charge is 2.09. The molecule has 1 aromatic carbocycles. The molecular formula is C14H18ClN3O. The molecule has 0 aliphatic carbocycles. The van der Waals surface area contributed by atoms with E-state index in [1.807, 2.05) is 12.1 Å². The van der Waals surface area contributed by atoms with E-state index in [2.05, 4.69) is 16.3 Å². The molecule has 0 saturated carbocycles. The zero-order valence-corrected chi connectivity index (χ0v) is 11.6. The van der Waals surface area contributed by atoms with Gasteiger partial charge in [-0.25, -0.2) is 0 Å². The van der Waals surface area contributed by atoms with Crippen molar-refractivity contribution in [3.05, 3.63) is 28.8 Å². The Bertz CT molecular complexity index is 452. The molecule has 102 valence electrons. The average Bonchev–Trinajstić information content (AvgIpc) is 2.45. The van der Waals surface area contributed by atoms with Gasteiger partial charge < -0.3 is 10.1 Å². The largest absolute Gasteiger partial charge is 0.384 e. The SMILES string of the molecule is N#Cc1c(Cl)cccc1NCCCN1CCOCC1. The minimum absolute atomic E-state index is 0.501. The van der Waals surface area contributed by atoms with Crippen molar-refractivity contribution in [3.63, 3.8) is 0 Å². The summed E-state index contributed by atoms with van der Waals surface area (Å²) in [4.78, 5) is 2.40. The molecule has 1 aliphatic heterocycles. The predicted octanol–water partition coefficient (Wildman–Crippen LogP) is 2.35. The highest BCUT2D eigenvalue weighted by atomic mass is 35.5. The lowest BCUT2D eigenvalue weighted by Crippen LogP contribution is -2.37. The van der Waals surface area contributed by atoms with E-state index in [0.717, 1.165) is 51.5 Å². The van der Waals surface area contributed by atoms with Crippen LogP contribution in [0.2, 0.25) is 5.02 Å². The number of anilines is 1. The van der Waals surface area contributed by atoms with Crippen molar-refractivity contribution in [1.82, 2.24) is 4.90 Å². The second-order valence-corrected chi connectivity index (χ2v) is 4.92. The van der Waals surface area contributed by atoms with Crippen LogP contribution in [0.5, 0.6) is 0 Å². The van der Waals surface area contributed by atoms with Gasteiger partial charge in [0, 0.05) is 19.6 Å². The Morgan fingerprint density at radius 1 is 1.37 bits per heavy atom. The highest BCUT2D eigenvalue weighted by molar-refractivity contribution is 6.32. The monoisotopic (exact) mass is 279 g/mol. The zero-order valence-electron chi connectivity index (χ0n) is 10.9. The summed E-state index contributed by atoms with van der Waals surface area (Å²) in [7, 11) is 0. The molecule has 0 atom stereocenters. The van der Waals surface area contributed by atoms with Gasteiger partial charge in [0.15, 0.2) is 0 Å². The van der Waals surface area contributed by atoms with Gasteiger partial charge in [-0.1, -0.05) is 17.7 Å². The number of hydrogen-bond acceptors (Lipinski definition) is 4. The molecule has 0 unspecified atom stereocenters. The Morgan fingerprint density at radius 3 is 2.89 bits per heavy atom. The Labute approximate surface area is 118 Å². The van der Waals surface area contributed by atoms with Crippen LogP contribution in [0, 0.1) is 11.3 Å². The maximum atomic E-state index is 9.06. The molecule has 1 N–H and O–H groups in total. The minimum atomic E-state index is 0.501. The van der Waals surface area contributed by atoms with Crippen LogP contribution in [0.4, 0.5) is 5.69 Å². The number of benzene rings is 1. The summed E-state index contributed by atoms with van der Waals surface area (Å²) < 4.78 is 5.31. The molecule has 1 aromatic rings. The van der Waals surface area contributed by atoms with Gasteiger partial charge in [-0.05, 0) is 25.1 Å².